The second-order valence-electron chi connectivity index (χ2n) is 3.88. The van der Waals surface area contributed by atoms with Gasteiger partial charge in [0.2, 0.25) is 0 Å². The third kappa shape index (κ3) is 11.0. The van der Waals surface area contributed by atoms with Crippen LogP contribution in [0, 0.1) is 0 Å². The fourth-order valence-corrected chi connectivity index (χ4v) is 1.83. The first-order valence-electron chi connectivity index (χ1n) is 5.93. The quantitative estimate of drug-likeness (QED) is 0.183. The monoisotopic (exact) mass is 266 g/mol. The highest BCUT2D eigenvalue weighted by molar-refractivity contribution is 8.00. The largest absolute Gasteiger partial charge is 0.330 e. The highest BCUT2D eigenvalue weighted by Crippen LogP contribution is 2.21. The molecule has 98 valence electrons. The molecule has 0 aliphatic carbocycles. The van der Waals surface area contributed by atoms with Gasteiger partial charge in [-0.3, -0.25) is 5.32 Å². The van der Waals surface area contributed by atoms with Crippen LogP contribution in [-0.2, 0) is 0 Å². The summed E-state index contributed by atoms with van der Waals surface area (Å²) in [5, 5.41) is 6.59. The van der Waals surface area contributed by atoms with Crippen molar-refractivity contribution in [3.05, 3.63) is 0 Å². The first kappa shape index (κ1) is 16.5. The zero-order valence-corrected chi connectivity index (χ0v) is 11.7. The summed E-state index contributed by atoms with van der Waals surface area (Å²) in [6.45, 7) is 4.29. The van der Waals surface area contributed by atoms with E-state index < -0.39 is 0 Å². The Labute approximate surface area is 110 Å². The summed E-state index contributed by atoms with van der Waals surface area (Å²) in [6.07, 6.45) is 3.95. The lowest BCUT2D eigenvalue weighted by atomic mass is 10.3. The average molecular weight is 266 g/mol. The van der Waals surface area contributed by atoms with Crippen LogP contribution in [0.3, 0.4) is 0 Å². The van der Waals surface area contributed by atoms with Crippen molar-refractivity contribution in [1.82, 2.24) is 10.6 Å². The summed E-state index contributed by atoms with van der Waals surface area (Å²) in [4.78, 5) is 0. The predicted octanol–water partition coefficient (Wildman–Crippen LogP) is 0.157. The Morgan fingerprint density at radius 1 is 0.875 bits per heavy atom. The molecule has 0 amide bonds. The lowest BCUT2D eigenvalue weighted by Gasteiger charge is -2.24. The number of nitrogens with two attached hydrogens (primary N) is 2. The third-order valence-corrected chi connectivity index (χ3v) is 2.99. The van der Waals surface area contributed by atoms with Gasteiger partial charge in [-0.05, 0) is 58.4 Å². The zero-order chi connectivity index (χ0) is 12.3. The Hall–Kier alpha value is 0.540. The van der Waals surface area contributed by atoms with Gasteiger partial charge < -0.3 is 16.8 Å². The normalized spacial score (nSPS) is 12.0. The first-order valence-corrected chi connectivity index (χ1v) is 6.82. The van der Waals surface area contributed by atoms with Crippen molar-refractivity contribution in [2.24, 2.45) is 11.5 Å². The molecule has 0 unspecified atom stereocenters. The average Bonchev–Trinajstić information content (AvgIpc) is 2.23. The molecule has 0 aromatic carbocycles. The van der Waals surface area contributed by atoms with E-state index in [1.54, 1.807) is 0 Å². The van der Waals surface area contributed by atoms with Crippen LogP contribution in [0.15, 0.2) is 0 Å². The molecular weight excluding hydrogens is 240 g/mol. The van der Waals surface area contributed by atoms with E-state index in [2.05, 4.69) is 35.9 Å². The van der Waals surface area contributed by atoms with Crippen molar-refractivity contribution in [3.63, 3.8) is 0 Å². The zero-order valence-electron chi connectivity index (χ0n) is 9.91. The smallest absolute Gasteiger partial charge is 0.106 e. The molecular formula is C10H26N4S2. The maximum absolute atomic E-state index is 5.42. The molecule has 0 rings (SSSR count). The molecule has 6 N–H and O–H groups in total. The van der Waals surface area contributed by atoms with Crippen molar-refractivity contribution < 1.29 is 0 Å². The predicted molar refractivity (Wildman–Crippen MR) is 78.2 cm³/mol. The molecule has 6 heteroatoms. The molecule has 0 aromatic rings. The van der Waals surface area contributed by atoms with Gasteiger partial charge in [-0.2, -0.15) is 0 Å². The van der Waals surface area contributed by atoms with Gasteiger partial charge in [-0.15, -0.1) is 25.3 Å². The molecule has 0 saturated carbocycles. The van der Waals surface area contributed by atoms with Gasteiger partial charge in [0.05, 0.1) is 0 Å². The summed E-state index contributed by atoms with van der Waals surface area (Å²) in [7, 11) is 0. The Morgan fingerprint density at radius 3 is 2.06 bits per heavy atom. The molecule has 0 atom stereocenters. The van der Waals surface area contributed by atoms with Crippen molar-refractivity contribution >= 4 is 25.3 Å². The van der Waals surface area contributed by atoms with Gasteiger partial charge in [0, 0.05) is 0 Å². The van der Waals surface area contributed by atoms with Crippen LogP contribution in [-0.4, -0.2) is 36.9 Å². The Morgan fingerprint density at radius 2 is 1.44 bits per heavy atom. The van der Waals surface area contributed by atoms with Crippen LogP contribution in [0.2, 0.25) is 0 Å². The summed E-state index contributed by atoms with van der Waals surface area (Å²) in [6, 6.07) is 0. The minimum atomic E-state index is -0.384. The molecule has 0 aromatic heterocycles. The lowest BCUT2D eigenvalue weighted by Crippen LogP contribution is -2.36. The molecule has 16 heavy (non-hydrogen) atoms. The van der Waals surface area contributed by atoms with Gasteiger partial charge in [0.25, 0.3) is 0 Å². The maximum Gasteiger partial charge on any atom is 0.106 e. The van der Waals surface area contributed by atoms with E-state index in [-0.39, 0.29) is 4.20 Å². The molecule has 0 bridgehead atoms. The van der Waals surface area contributed by atoms with Crippen LogP contribution in [0.25, 0.3) is 0 Å². The van der Waals surface area contributed by atoms with E-state index in [0.717, 1.165) is 51.9 Å². The highest BCUT2D eigenvalue weighted by Gasteiger charge is 2.17. The Bertz CT molecular complexity index is 156. The lowest BCUT2D eigenvalue weighted by molar-refractivity contribution is 0.526. The molecule has 0 heterocycles. The molecule has 0 saturated heterocycles. The van der Waals surface area contributed by atoms with E-state index in [1.807, 2.05) is 0 Å². The number of hydrogen-bond acceptors (Lipinski definition) is 6. The second kappa shape index (κ2) is 10.7. The van der Waals surface area contributed by atoms with E-state index in [1.165, 1.54) is 0 Å². The molecule has 0 fully saturated rings. The van der Waals surface area contributed by atoms with Crippen LogP contribution in [0.5, 0.6) is 0 Å². The maximum atomic E-state index is 5.42. The van der Waals surface area contributed by atoms with Crippen molar-refractivity contribution in [3.8, 4) is 0 Å². The van der Waals surface area contributed by atoms with E-state index in [9.17, 15) is 0 Å². The van der Waals surface area contributed by atoms with Crippen LogP contribution in [0.1, 0.15) is 25.7 Å². The Balaban J connectivity index is 3.35. The summed E-state index contributed by atoms with van der Waals surface area (Å²) < 4.78 is -0.384. The molecule has 0 spiro atoms. The SMILES string of the molecule is NCCCNCCCC(S)(S)NCCCN. The molecule has 0 radical (unpaired) electrons. The number of nitrogens with one attached hydrogen (secondary N) is 2. The van der Waals surface area contributed by atoms with Crippen LogP contribution in [0.4, 0.5) is 0 Å². The molecule has 0 aliphatic heterocycles. The highest BCUT2D eigenvalue weighted by atomic mass is 32.2. The topological polar surface area (TPSA) is 76.1 Å². The van der Waals surface area contributed by atoms with Crippen molar-refractivity contribution in [1.29, 1.82) is 0 Å². The minimum absolute atomic E-state index is 0.384. The standard InChI is InChI=1S/C10H26N4S2/c11-5-2-8-13-7-1-4-10(15,16)14-9-3-6-12/h13-16H,1-9,11-12H2. The fraction of sp³-hybridized carbons (Fsp3) is 1.00. The number of hydrogen-bond donors (Lipinski definition) is 6. The first-order chi connectivity index (χ1) is 7.62. The van der Waals surface area contributed by atoms with Gasteiger partial charge in [-0.25, -0.2) is 0 Å². The van der Waals surface area contributed by atoms with Crippen molar-refractivity contribution in [2.45, 2.75) is 29.9 Å². The fourth-order valence-electron chi connectivity index (χ4n) is 1.29. The van der Waals surface area contributed by atoms with E-state index in [4.69, 9.17) is 11.5 Å². The van der Waals surface area contributed by atoms with Gasteiger partial charge in [-0.1, -0.05) is 0 Å². The third-order valence-electron chi connectivity index (χ3n) is 2.23. The summed E-state index contributed by atoms with van der Waals surface area (Å²) in [5.41, 5.74) is 10.8. The van der Waals surface area contributed by atoms with Gasteiger partial charge >= 0.3 is 0 Å². The van der Waals surface area contributed by atoms with Gasteiger partial charge in [0.1, 0.15) is 4.20 Å². The van der Waals surface area contributed by atoms with Crippen LogP contribution >= 0.6 is 25.3 Å². The second-order valence-corrected chi connectivity index (χ2v) is 5.76. The molecule has 4 nitrogen and oxygen atoms in total. The summed E-state index contributed by atoms with van der Waals surface area (Å²) in [5.74, 6) is 0. The summed E-state index contributed by atoms with van der Waals surface area (Å²) >= 11 is 8.94. The van der Waals surface area contributed by atoms with Crippen molar-refractivity contribution in [2.75, 3.05) is 32.7 Å². The van der Waals surface area contributed by atoms with Crippen LogP contribution < -0.4 is 22.1 Å². The number of thiol groups is 2. The Kier molecular flexibility index (Phi) is 11.0. The number of rotatable bonds is 11. The van der Waals surface area contributed by atoms with E-state index >= 15 is 0 Å². The van der Waals surface area contributed by atoms with Gasteiger partial charge in [0.15, 0.2) is 0 Å². The van der Waals surface area contributed by atoms with E-state index in [0.29, 0.717) is 6.54 Å². The molecule has 0 aliphatic rings. The minimum Gasteiger partial charge on any atom is -0.330 e.